The molecule has 0 unspecified atom stereocenters. The standard InChI is InChI=1S/C28H28N2O3S/c1-32-27(31)23-15-17-24(18-16-23)33-19-9-4-10-20-34-28-29-25(21-11-5-2-6-12-21)26(30-28)22-13-7-3-8-14-22/h2-3,5-8,11-18H,4,9-10,19-20H2,1H3,(H,29,30). The molecule has 0 amide bonds. The van der Waals surface area contributed by atoms with Crippen molar-refractivity contribution in [2.24, 2.45) is 0 Å². The van der Waals surface area contributed by atoms with Crippen LogP contribution in [-0.4, -0.2) is 35.4 Å². The molecule has 1 aromatic heterocycles. The van der Waals surface area contributed by atoms with Crippen LogP contribution in [0.3, 0.4) is 0 Å². The molecule has 3 aromatic carbocycles. The van der Waals surface area contributed by atoms with Crippen LogP contribution in [0, 0.1) is 0 Å². The van der Waals surface area contributed by atoms with Crippen molar-refractivity contribution in [3.05, 3.63) is 90.5 Å². The monoisotopic (exact) mass is 472 g/mol. The molecule has 0 aliphatic rings. The van der Waals surface area contributed by atoms with Crippen LogP contribution in [0.15, 0.2) is 90.1 Å². The van der Waals surface area contributed by atoms with E-state index in [1.165, 1.54) is 7.11 Å². The van der Waals surface area contributed by atoms with Gasteiger partial charge in [0.25, 0.3) is 0 Å². The Bertz CT molecular complexity index is 1120. The Morgan fingerprint density at radius 3 is 2.21 bits per heavy atom. The van der Waals surface area contributed by atoms with Gasteiger partial charge in [-0.05, 0) is 43.5 Å². The predicted molar refractivity (Wildman–Crippen MR) is 137 cm³/mol. The van der Waals surface area contributed by atoms with Gasteiger partial charge in [0, 0.05) is 16.9 Å². The molecular formula is C28H28N2O3S. The van der Waals surface area contributed by atoms with Gasteiger partial charge in [-0.3, -0.25) is 0 Å². The molecule has 6 heteroatoms. The molecule has 0 aliphatic heterocycles. The van der Waals surface area contributed by atoms with Crippen molar-refractivity contribution in [2.45, 2.75) is 24.4 Å². The molecule has 0 atom stereocenters. The second-order valence-corrected chi connectivity index (χ2v) is 8.85. The average Bonchev–Trinajstić information content (AvgIpc) is 3.33. The highest BCUT2D eigenvalue weighted by Gasteiger charge is 2.14. The Morgan fingerprint density at radius 1 is 0.853 bits per heavy atom. The van der Waals surface area contributed by atoms with E-state index in [4.69, 9.17) is 14.5 Å². The van der Waals surface area contributed by atoms with Gasteiger partial charge in [0.05, 0.1) is 30.7 Å². The minimum atomic E-state index is -0.340. The smallest absolute Gasteiger partial charge is 0.337 e. The summed E-state index contributed by atoms with van der Waals surface area (Å²) in [7, 11) is 1.38. The molecule has 0 radical (unpaired) electrons. The van der Waals surface area contributed by atoms with E-state index in [-0.39, 0.29) is 5.97 Å². The number of unbranched alkanes of at least 4 members (excludes halogenated alkanes) is 2. The number of nitrogens with zero attached hydrogens (tertiary/aromatic N) is 1. The average molecular weight is 473 g/mol. The van der Waals surface area contributed by atoms with Crippen molar-refractivity contribution >= 4 is 17.7 Å². The number of nitrogens with one attached hydrogen (secondary N) is 1. The first-order valence-corrected chi connectivity index (χ1v) is 12.4. The first kappa shape index (κ1) is 23.6. The zero-order valence-electron chi connectivity index (χ0n) is 19.2. The summed E-state index contributed by atoms with van der Waals surface area (Å²) in [6.45, 7) is 0.652. The van der Waals surface area contributed by atoms with Gasteiger partial charge < -0.3 is 14.5 Å². The SMILES string of the molecule is COC(=O)c1ccc(OCCCCCSc2nc(-c3ccccc3)c(-c3ccccc3)[nH]2)cc1. The Morgan fingerprint density at radius 2 is 1.53 bits per heavy atom. The van der Waals surface area contributed by atoms with Crippen molar-refractivity contribution in [1.82, 2.24) is 9.97 Å². The van der Waals surface area contributed by atoms with Gasteiger partial charge in [-0.25, -0.2) is 9.78 Å². The maximum Gasteiger partial charge on any atom is 0.337 e. The van der Waals surface area contributed by atoms with E-state index in [1.807, 2.05) is 36.4 Å². The third-order valence-corrected chi connectivity index (χ3v) is 6.32. The summed E-state index contributed by atoms with van der Waals surface area (Å²) in [5.74, 6) is 1.41. The molecule has 1 N–H and O–H groups in total. The van der Waals surface area contributed by atoms with Crippen LogP contribution in [0.5, 0.6) is 5.75 Å². The highest BCUT2D eigenvalue weighted by Crippen LogP contribution is 2.32. The second kappa shape index (κ2) is 12.1. The molecule has 0 spiro atoms. The van der Waals surface area contributed by atoms with Crippen LogP contribution in [-0.2, 0) is 4.74 Å². The number of rotatable bonds is 11. The number of carbonyl (C=O) groups excluding carboxylic acids is 1. The fraction of sp³-hybridized carbons (Fsp3) is 0.214. The summed E-state index contributed by atoms with van der Waals surface area (Å²) in [6, 6.07) is 27.7. The van der Waals surface area contributed by atoms with E-state index in [9.17, 15) is 4.79 Å². The van der Waals surface area contributed by atoms with Gasteiger partial charge in [-0.15, -0.1) is 0 Å². The Balaban J connectivity index is 1.25. The molecule has 0 bridgehead atoms. The van der Waals surface area contributed by atoms with Gasteiger partial charge in [0.2, 0.25) is 0 Å². The van der Waals surface area contributed by atoms with Crippen LogP contribution < -0.4 is 4.74 Å². The lowest BCUT2D eigenvalue weighted by molar-refractivity contribution is 0.0600. The number of H-pyrrole nitrogens is 1. The normalized spacial score (nSPS) is 10.7. The summed E-state index contributed by atoms with van der Waals surface area (Å²) >= 11 is 1.75. The molecule has 4 rings (SSSR count). The molecule has 174 valence electrons. The number of carbonyl (C=O) groups is 1. The summed E-state index contributed by atoms with van der Waals surface area (Å²) in [5.41, 5.74) is 4.82. The topological polar surface area (TPSA) is 64.2 Å². The molecule has 4 aromatic rings. The molecule has 0 aliphatic carbocycles. The van der Waals surface area contributed by atoms with Crippen molar-refractivity contribution in [3.8, 4) is 28.3 Å². The summed E-state index contributed by atoms with van der Waals surface area (Å²) < 4.78 is 10.5. The van der Waals surface area contributed by atoms with Crippen LogP contribution in [0.1, 0.15) is 29.6 Å². The quantitative estimate of drug-likeness (QED) is 0.147. The number of imidazole rings is 1. The molecule has 1 heterocycles. The summed E-state index contributed by atoms with van der Waals surface area (Å²) in [6.07, 6.45) is 3.13. The lowest BCUT2D eigenvalue weighted by atomic mass is 10.1. The minimum absolute atomic E-state index is 0.340. The van der Waals surface area contributed by atoms with Gasteiger partial charge in [0.15, 0.2) is 5.16 Å². The maximum atomic E-state index is 11.5. The lowest BCUT2D eigenvalue weighted by Gasteiger charge is -2.06. The highest BCUT2D eigenvalue weighted by atomic mass is 32.2. The molecule has 0 saturated carbocycles. The molecule has 5 nitrogen and oxygen atoms in total. The predicted octanol–water partition coefficient (Wildman–Crippen LogP) is 6.87. The van der Waals surface area contributed by atoms with Crippen LogP contribution in [0.4, 0.5) is 0 Å². The Hall–Kier alpha value is -3.51. The molecule has 0 fully saturated rings. The first-order chi connectivity index (χ1) is 16.7. The number of hydrogen-bond acceptors (Lipinski definition) is 5. The maximum absolute atomic E-state index is 11.5. The van der Waals surface area contributed by atoms with Gasteiger partial charge in [-0.2, -0.15) is 0 Å². The van der Waals surface area contributed by atoms with Crippen molar-refractivity contribution in [2.75, 3.05) is 19.5 Å². The highest BCUT2D eigenvalue weighted by molar-refractivity contribution is 7.99. The van der Waals surface area contributed by atoms with E-state index in [1.54, 1.807) is 36.0 Å². The number of aromatic nitrogens is 2. The van der Waals surface area contributed by atoms with Gasteiger partial charge in [0.1, 0.15) is 5.75 Å². The van der Waals surface area contributed by atoms with Gasteiger partial charge in [-0.1, -0.05) is 72.4 Å². The molecular weight excluding hydrogens is 444 g/mol. The number of thioether (sulfide) groups is 1. The van der Waals surface area contributed by atoms with E-state index >= 15 is 0 Å². The van der Waals surface area contributed by atoms with E-state index in [0.29, 0.717) is 12.2 Å². The molecule has 0 saturated heterocycles. The third-order valence-electron chi connectivity index (χ3n) is 5.36. The van der Waals surface area contributed by atoms with Gasteiger partial charge >= 0.3 is 5.97 Å². The zero-order chi connectivity index (χ0) is 23.6. The third kappa shape index (κ3) is 6.29. The van der Waals surface area contributed by atoms with E-state index in [0.717, 1.165) is 58.4 Å². The largest absolute Gasteiger partial charge is 0.494 e. The number of ether oxygens (including phenoxy) is 2. The number of esters is 1. The number of benzene rings is 3. The van der Waals surface area contributed by atoms with Crippen LogP contribution in [0.25, 0.3) is 22.5 Å². The molecule has 34 heavy (non-hydrogen) atoms. The zero-order valence-corrected chi connectivity index (χ0v) is 20.0. The lowest BCUT2D eigenvalue weighted by Crippen LogP contribution is -2.01. The number of methoxy groups -OCH3 is 1. The van der Waals surface area contributed by atoms with Crippen molar-refractivity contribution in [3.63, 3.8) is 0 Å². The number of aromatic amines is 1. The summed E-state index contributed by atoms with van der Waals surface area (Å²) in [4.78, 5) is 19.9. The van der Waals surface area contributed by atoms with Crippen molar-refractivity contribution in [1.29, 1.82) is 0 Å². The second-order valence-electron chi connectivity index (χ2n) is 7.77. The Kier molecular flexibility index (Phi) is 8.41. The van der Waals surface area contributed by atoms with E-state index < -0.39 is 0 Å². The minimum Gasteiger partial charge on any atom is -0.494 e. The summed E-state index contributed by atoms with van der Waals surface area (Å²) in [5, 5.41) is 0.944. The first-order valence-electron chi connectivity index (χ1n) is 11.4. The van der Waals surface area contributed by atoms with Crippen LogP contribution in [0.2, 0.25) is 0 Å². The van der Waals surface area contributed by atoms with Crippen LogP contribution >= 0.6 is 11.8 Å². The number of hydrogen-bond donors (Lipinski definition) is 1. The Labute approximate surface area is 204 Å². The van der Waals surface area contributed by atoms with Crippen molar-refractivity contribution < 1.29 is 14.3 Å². The fourth-order valence-corrected chi connectivity index (χ4v) is 4.46. The fourth-order valence-electron chi connectivity index (χ4n) is 3.58. The van der Waals surface area contributed by atoms with E-state index in [2.05, 4.69) is 29.2 Å².